The lowest BCUT2D eigenvalue weighted by Gasteiger charge is -2.07. The molecule has 1 fully saturated rings. The predicted molar refractivity (Wildman–Crippen MR) is 40.6 cm³/mol. The van der Waals surface area contributed by atoms with E-state index in [9.17, 15) is 9.59 Å². The Hall–Kier alpha value is -0.485. The number of thiol groups is 1. The molecule has 1 heterocycles. The Kier molecular flexibility index (Phi) is 2.01. The molecule has 0 aromatic carbocycles. The molecule has 1 atom stereocenters. The van der Waals surface area contributed by atoms with Crippen molar-refractivity contribution < 1.29 is 9.59 Å². The van der Waals surface area contributed by atoms with Crippen LogP contribution in [0.1, 0.15) is 6.42 Å². The van der Waals surface area contributed by atoms with E-state index < -0.39 is 5.25 Å². The predicted octanol–water partition coefficient (Wildman–Crippen LogP) is -1.73. The summed E-state index contributed by atoms with van der Waals surface area (Å²) in [6.45, 7) is 0. The van der Waals surface area contributed by atoms with E-state index in [1.807, 2.05) is 0 Å². The van der Waals surface area contributed by atoms with Crippen molar-refractivity contribution in [2.24, 2.45) is 5.64 Å². The molecule has 0 bridgehead atoms. The third-order valence-corrected chi connectivity index (χ3v) is 1.81. The number of nitrogens with zero attached hydrogens (tertiary/aromatic N) is 1. The molecule has 1 saturated heterocycles. The van der Waals surface area contributed by atoms with E-state index in [1.165, 1.54) is 0 Å². The van der Waals surface area contributed by atoms with Gasteiger partial charge in [-0.3, -0.25) is 9.59 Å². The normalized spacial score (nSPS) is 25.8. The summed E-state index contributed by atoms with van der Waals surface area (Å²) in [4.78, 5) is 22.7. The van der Waals surface area contributed by atoms with Gasteiger partial charge in [0.2, 0.25) is 11.8 Å². The topological polar surface area (TPSA) is 63.4 Å². The fraction of sp³-hybridized carbons (Fsp3) is 0.500. The van der Waals surface area contributed by atoms with E-state index in [2.05, 4.69) is 12.6 Å². The summed E-state index contributed by atoms with van der Waals surface area (Å²) in [6.07, 6.45) is 0.180. The second-order valence-electron chi connectivity index (χ2n) is 2.06. The lowest BCUT2D eigenvalue weighted by atomic mass is 10.1. The number of nitrogens with two attached hydrogens (primary N) is 1. The molecule has 0 saturated carbocycles. The van der Waals surface area contributed by atoms with Crippen LogP contribution in [0.25, 0.3) is 0 Å². The van der Waals surface area contributed by atoms with Gasteiger partial charge in [0.05, 0.1) is 5.25 Å². The molecule has 2 amide bonds. The van der Waals surface area contributed by atoms with E-state index in [1.54, 1.807) is 0 Å². The molecule has 1 aliphatic rings. The number of hydrogen-bond acceptors (Lipinski definition) is 4. The van der Waals surface area contributed by atoms with Gasteiger partial charge in [0.25, 0.3) is 0 Å². The molecule has 0 aromatic rings. The average Bonchev–Trinajstić information content (AvgIpc) is 2.09. The first-order chi connectivity index (χ1) is 4.66. The molecule has 0 radical (unpaired) electrons. The number of amides is 2. The lowest BCUT2D eigenvalue weighted by Crippen LogP contribution is -2.39. The summed E-state index contributed by atoms with van der Waals surface area (Å²) in [5, 5.41) is -0.476. The van der Waals surface area contributed by atoms with E-state index in [0.717, 1.165) is 4.81 Å². The fourth-order valence-corrected chi connectivity index (χ4v) is 1.15. The zero-order valence-electron chi connectivity index (χ0n) is 5.28. The summed E-state index contributed by atoms with van der Waals surface area (Å²) in [6, 6.07) is 0. The highest BCUT2D eigenvalue weighted by Crippen LogP contribution is 2.15. The van der Waals surface area contributed by atoms with Gasteiger partial charge in [-0.15, -0.1) is 0 Å². The molecule has 54 valence electrons. The minimum absolute atomic E-state index is 0.0330. The van der Waals surface area contributed by atoms with Crippen molar-refractivity contribution in [3.63, 3.8) is 0 Å². The van der Waals surface area contributed by atoms with Gasteiger partial charge in [0.1, 0.15) is 0 Å². The summed E-state index contributed by atoms with van der Waals surface area (Å²) < 4.78 is 0. The monoisotopic (exact) mass is 158 g/mol. The minimum atomic E-state index is -0.476. The van der Waals surface area contributed by atoms with Gasteiger partial charge >= 0.3 is 7.55 Å². The molecular weight excluding hydrogens is 151 g/mol. The largest absolute Gasteiger partial charge is 0.353 e. The van der Waals surface area contributed by atoms with Gasteiger partial charge < -0.3 is 10.5 Å². The molecule has 1 unspecified atom stereocenters. The Bertz CT molecular complexity index is 186. The summed E-state index contributed by atoms with van der Waals surface area (Å²) >= 11 is 3.89. The molecule has 2 N–H and O–H groups in total. The van der Waals surface area contributed by atoms with Crippen LogP contribution in [0, 0.1) is 0 Å². The van der Waals surface area contributed by atoms with Crippen LogP contribution in [-0.2, 0) is 9.59 Å². The third kappa shape index (κ3) is 1.04. The zero-order valence-corrected chi connectivity index (χ0v) is 6.17. The lowest BCUT2D eigenvalue weighted by molar-refractivity contribution is -0.132. The van der Waals surface area contributed by atoms with Crippen molar-refractivity contribution in [1.29, 1.82) is 0 Å². The van der Waals surface area contributed by atoms with Gasteiger partial charge in [-0.2, -0.15) is 12.6 Å². The molecule has 4 nitrogen and oxygen atoms in total. The maximum atomic E-state index is 10.9. The van der Waals surface area contributed by atoms with E-state index in [0.29, 0.717) is 0 Å². The molecule has 6 heteroatoms. The Morgan fingerprint density at radius 3 is 2.50 bits per heavy atom. The van der Waals surface area contributed by atoms with Gasteiger partial charge in [-0.25, -0.2) is 0 Å². The van der Waals surface area contributed by atoms with Gasteiger partial charge in [-0.1, -0.05) is 0 Å². The van der Waals surface area contributed by atoms with Crippen molar-refractivity contribution in [2.45, 2.75) is 11.7 Å². The Morgan fingerprint density at radius 2 is 2.30 bits per heavy atom. The van der Waals surface area contributed by atoms with Crippen LogP contribution in [0.3, 0.4) is 0 Å². The van der Waals surface area contributed by atoms with Crippen LogP contribution in [0.5, 0.6) is 0 Å². The third-order valence-electron chi connectivity index (χ3n) is 1.40. The van der Waals surface area contributed by atoms with Crippen LogP contribution >= 0.6 is 12.6 Å². The van der Waals surface area contributed by atoms with E-state index in [4.69, 9.17) is 5.64 Å². The molecule has 1 rings (SSSR count). The SMILES string of the molecule is NBN1C(=O)CC(S)C1=O. The number of imide groups is 1. The van der Waals surface area contributed by atoms with Crippen LogP contribution in [-0.4, -0.2) is 29.4 Å². The Balaban J connectivity index is 2.74. The smallest absolute Gasteiger partial charge is 0.329 e. The Morgan fingerprint density at radius 1 is 1.70 bits per heavy atom. The number of carbonyl (C=O) groups is 2. The summed E-state index contributed by atoms with van der Waals surface area (Å²) in [7, 11) is -0.0330. The first-order valence-corrected chi connectivity index (χ1v) is 3.41. The quantitative estimate of drug-likeness (QED) is 0.270. The minimum Gasteiger partial charge on any atom is -0.353 e. The van der Waals surface area contributed by atoms with E-state index in [-0.39, 0.29) is 25.8 Å². The maximum Gasteiger partial charge on any atom is 0.329 e. The number of rotatable bonds is 1. The van der Waals surface area contributed by atoms with Gasteiger partial charge in [0, 0.05) is 6.42 Å². The second-order valence-corrected chi connectivity index (χ2v) is 2.69. The molecule has 0 aromatic heterocycles. The molecular formula is C4H7BN2O2S. The first kappa shape index (κ1) is 7.62. The molecule has 10 heavy (non-hydrogen) atoms. The Labute approximate surface area is 64.4 Å². The standard InChI is InChI=1S/C4H7BN2O2S/c6-5-7-3(8)1-2(10)4(7)9/h2,5,10H,1,6H2. The first-order valence-electron chi connectivity index (χ1n) is 2.89. The van der Waals surface area contributed by atoms with Gasteiger partial charge in [-0.05, 0) is 0 Å². The van der Waals surface area contributed by atoms with Crippen molar-refractivity contribution in [1.82, 2.24) is 4.81 Å². The number of carbonyl (C=O) groups excluding carboxylic acids is 2. The summed E-state index contributed by atoms with van der Waals surface area (Å²) in [5.41, 5.74) is 5.13. The maximum absolute atomic E-state index is 10.9. The summed E-state index contributed by atoms with van der Waals surface area (Å²) in [5.74, 6) is -0.511. The van der Waals surface area contributed by atoms with Crippen LogP contribution < -0.4 is 5.64 Å². The van der Waals surface area contributed by atoms with Gasteiger partial charge in [0.15, 0.2) is 0 Å². The second kappa shape index (κ2) is 2.63. The fourth-order valence-electron chi connectivity index (χ4n) is 0.857. The molecule has 1 aliphatic heterocycles. The van der Waals surface area contributed by atoms with Crippen molar-refractivity contribution >= 4 is 32.0 Å². The van der Waals surface area contributed by atoms with Crippen molar-refractivity contribution in [3.8, 4) is 0 Å². The highest BCUT2D eigenvalue weighted by Gasteiger charge is 2.35. The highest BCUT2D eigenvalue weighted by molar-refractivity contribution is 7.81. The average molecular weight is 158 g/mol. The van der Waals surface area contributed by atoms with Crippen LogP contribution in [0.15, 0.2) is 0 Å². The van der Waals surface area contributed by atoms with E-state index >= 15 is 0 Å². The van der Waals surface area contributed by atoms with Crippen LogP contribution in [0.4, 0.5) is 0 Å². The van der Waals surface area contributed by atoms with Crippen LogP contribution in [0.2, 0.25) is 0 Å². The number of hydrogen-bond donors (Lipinski definition) is 2. The van der Waals surface area contributed by atoms with Crippen molar-refractivity contribution in [3.05, 3.63) is 0 Å². The molecule has 0 aliphatic carbocycles. The van der Waals surface area contributed by atoms with Crippen molar-refractivity contribution in [2.75, 3.05) is 0 Å². The molecule has 0 spiro atoms. The zero-order chi connectivity index (χ0) is 7.72. The highest BCUT2D eigenvalue weighted by atomic mass is 32.1.